The maximum Gasteiger partial charge on any atom is 0.136 e. The van der Waals surface area contributed by atoms with E-state index in [0.717, 1.165) is 161 Å². The average molecular weight is 1140 g/mol. The minimum Gasteiger partial charge on any atom is -0.456 e. The molecule has 0 saturated carbocycles. The molecule has 4 nitrogen and oxygen atoms in total. The van der Waals surface area contributed by atoms with Crippen molar-refractivity contribution in [3.8, 4) is 129 Å². The summed E-state index contributed by atoms with van der Waals surface area (Å²) in [6.07, 6.45) is 0. The van der Waals surface area contributed by atoms with Crippen molar-refractivity contribution >= 4 is 43.7 Å². The summed E-state index contributed by atoms with van der Waals surface area (Å²) in [6.45, 7) is 0. The van der Waals surface area contributed by atoms with Crippen molar-refractivity contribution in [3.63, 3.8) is 0 Å². The fourth-order valence-corrected chi connectivity index (χ4v) is 14.0. The zero-order valence-electron chi connectivity index (χ0n) is 48.8. The van der Waals surface area contributed by atoms with Crippen LogP contribution in [0.5, 0.6) is 0 Å². The second kappa shape index (κ2) is 22.5. The Kier molecular flexibility index (Phi) is 13.3. The maximum absolute atomic E-state index is 12.5. The second-order valence-corrected chi connectivity index (χ2v) is 22.7. The average Bonchev–Trinajstić information content (AvgIpc) is 1.17. The van der Waals surface area contributed by atoms with E-state index in [-0.39, 0.29) is 0 Å². The van der Waals surface area contributed by atoms with Crippen LogP contribution >= 0.6 is 0 Å². The van der Waals surface area contributed by atoms with Crippen molar-refractivity contribution in [3.05, 3.63) is 333 Å². The van der Waals surface area contributed by atoms with Crippen LogP contribution in [0.4, 0.5) is 0 Å². The topological polar surface area (TPSA) is 65.7 Å². The molecule has 0 unspecified atom stereocenters. The lowest BCUT2D eigenvalue weighted by Gasteiger charge is -2.28. The minimum absolute atomic E-state index is 0.522. The van der Waals surface area contributed by atoms with Crippen molar-refractivity contribution in [2.24, 2.45) is 0 Å². The summed E-state index contributed by atoms with van der Waals surface area (Å²) in [7, 11) is 0. The number of hydrogen-bond acceptors (Lipinski definition) is 3. The molecule has 2 heterocycles. The number of benzene rings is 14. The third-order valence-corrected chi connectivity index (χ3v) is 17.7. The normalized spacial score (nSPS) is 11.3. The van der Waals surface area contributed by atoms with Gasteiger partial charge >= 0.3 is 0 Å². The molecule has 90 heavy (non-hydrogen) atoms. The number of hydrogen-bond donors (Lipinski definition) is 0. The van der Waals surface area contributed by atoms with Crippen LogP contribution in [-0.4, -0.2) is 4.57 Å². The molecule has 0 N–H and O–H groups in total. The minimum atomic E-state index is 0.522. The second-order valence-electron chi connectivity index (χ2n) is 22.7. The molecule has 0 spiro atoms. The van der Waals surface area contributed by atoms with E-state index in [4.69, 9.17) is 4.42 Å². The first-order valence-corrected chi connectivity index (χ1v) is 30.4. The van der Waals surface area contributed by atoms with Crippen LogP contribution in [0, 0.1) is 22.7 Å². The molecule has 418 valence electrons. The summed E-state index contributed by atoms with van der Waals surface area (Å²) >= 11 is 0. The summed E-state index contributed by atoms with van der Waals surface area (Å²) in [5, 5.41) is 29.3. The summed E-state index contributed by atoms with van der Waals surface area (Å²) < 4.78 is 9.02. The highest BCUT2D eigenvalue weighted by Crippen LogP contribution is 2.57. The summed E-state index contributed by atoms with van der Waals surface area (Å²) in [6, 6.07) is 118. The van der Waals surface area contributed by atoms with E-state index in [9.17, 15) is 10.5 Å². The van der Waals surface area contributed by atoms with Gasteiger partial charge in [-0.1, -0.05) is 279 Å². The van der Waals surface area contributed by atoms with Gasteiger partial charge in [0.25, 0.3) is 0 Å². The smallest absolute Gasteiger partial charge is 0.136 e. The molecule has 0 fully saturated rings. The SMILES string of the molecule is N#Cc1c(-c2ccccc2)c(-c2ccccc2)c(-c2ccccc2)c(-c2ccccc2)c1-c1cc(-c2c(C#N)c(-c3ccccc3)c(-c3ccccc3)c(-c3ccccc3)c2-c2ccccc2)cc(-n2c3ccccc3c3c4c(ccc32)oc2ccccc24)c1. The Balaban J connectivity index is 1.16. The highest BCUT2D eigenvalue weighted by molar-refractivity contribution is 6.27. The van der Waals surface area contributed by atoms with Crippen LogP contribution < -0.4 is 0 Å². The molecular formula is C86H53N3O. The third-order valence-electron chi connectivity index (χ3n) is 17.7. The van der Waals surface area contributed by atoms with E-state index in [2.05, 4.69) is 302 Å². The number of nitrogens with zero attached hydrogens (tertiary/aromatic N) is 3. The fraction of sp³-hybridized carbons (Fsp3) is 0. The molecule has 0 saturated heterocycles. The van der Waals surface area contributed by atoms with Crippen LogP contribution in [0.1, 0.15) is 11.1 Å². The van der Waals surface area contributed by atoms with Crippen molar-refractivity contribution in [1.82, 2.24) is 4.57 Å². The molecular weight excluding hydrogens is 1090 g/mol. The molecule has 14 aromatic carbocycles. The largest absolute Gasteiger partial charge is 0.456 e. The van der Waals surface area contributed by atoms with Crippen LogP contribution in [-0.2, 0) is 0 Å². The Morgan fingerprint density at radius 1 is 0.233 bits per heavy atom. The lowest BCUT2D eigenvalue weighted by atomic mass is 9.74. The first-order valence-electron chi connectivity index (χ1n) is 30.4. The molecule has 0 amide bonds. The zero-order valence-corrected chi connectivity index (χ0v) is 48.8. The Hall–Kier alpha value is -12.3. The van der Waals surface area contributed by atoms with E-state index in [1.54, 1.807) is 0 Å². The molecule has 16 rings (SSSR count). The Bertz CT molecular complexity index is 5240. The van der Waals surface area contributed by atoms with Crippen LogP contribution in [0.15, 0.2) is 326 Å². The van der Waals surface area contributed by atoms with Crippen molar-refractivity contribution in [2.75, 3.05) is 0 Å². The predicted octanol–water partition coefficient (Wildman–Crippen LogP) is 23.1. The Labute approximate surface area is 522 Å². The number of rotatable bonds is 11. The van der Waals surface area contributed by atoms with Gasteiger partial charge in [-0.3, -0.25) is 0 Å². The van der Waals surface area contributed by atoms with E-state index in [0.29, 0.717) is 11.1 Å². The van der Waals surface area contributed by atoms with Crippen LogP contribution in [0.3, 0.4) is 0 Å². The molecule has 0 radical (unpaired) electrons. The van der Waals surface area contributed by atoms with Gasteiger partial charge in [0.1, 0.15) is 23.3 Å². The van der Waals surface area contributed by atoms with Crippen LogP contribution in [0.25, 0.3) is 161 Å². The number of aromatic nitrogens is 1. The van der Waals surface area contributed by atoms with Gasteiger partial charge in [-0.05, 0) is 131 Å². The van der Waals surface area contributed by atoms with Crippen molar-refractivity contribution in [1.29, 1.82) is 10.5 Å². The zero-order chi connectivity index (χ0) is 60.1. The molecule has 0 aliphatic rings. The molecule has 0 bridgehead atoms. The van der Waals surface area contributed by atoms with E-state index >= 15 is 0 Å². The van der Waals surface area contributed by atoms with Gasteiger partial charge < -0.3 is 8.98 Å². The van der Waals surface area contributed by atoms with Gasteiger partial charge in [-0.25, -0.2) is 0 Å². The lowest BCUT2D eigenvalue weighted by molar-refractivity contribution is 0.669. The van der Waals surface area contributed by atoms with Gasteiger partial charge in [-0.15, -0.1) is 0 Å². The highest BCUT2D eigenvalue weighted by atomic mass is 16.3. The number of nitriles is 2. The molecule has 4 heteroatoms. The van der Waals surface area contributed by atoms with Gasteiger partial charge in [0.15, 0.2) is 0 Å². The number of fused-ring (bicyclic) bond motifs is 7. The van der Waals surface area contributed by atoms with Gasteiger partial charge in [0.05, 0.1) is 22.2 Å². The fourth-order valence-electron chi connectivity index (χ4n) is 14.0. The Morgan fingerprint density at radius 2 is 0.533 bits per heavy atom. The molecule has 0 aliphatic heterocycles. The van der Waals surface area contributed by atoms with E-state index in [1.807, 2.05) is 36.4 Å². The molecule has 0 atom stereocenters. The number of furan rings is 1. The highest BCUT2D eigenvalue weighted by Gasteiger charge is 2.33. The Morgan fingerprint density at radius 3 is 0.900 bits per heavy atom. The standard InChI is InChI=1S/C86H53N3O/c87-54-69-75(56-29-9-1-10-30-56)79(58-33-13-3-14-34-58)83(62-41-21-7-22-42-62)81(60-37-17-5-18-38-60)77(69)64-51-65(53-66(52-64)89-71-47-27-25-45-67(71)85-72(89)49-50-74-86(85)68-46-26-28-48-73(68)90-74)78-70(55-88)76(57-31-11-2-12-32-57)80(59-35-15-4-16-36-59)84(63-43-23-8-24-44-63)82(78)61-39-19-6-20-40-61/h1-53H. The summed E-state index contributed by atoms with van der Waals surface area (Å²) in [5.74, 6) is 0. The molecule has 16 aromatic rings. The predicted molar refractivity (Wildman–Crippen MR) is 372 cm³/mol. The maximum atomic E-state index is 12.5. The van der Waals surface area contributed by atoms with Crippen molar-refractivity contribution in [2.45, 2.75) is 0 Å². The molecule has 0 aliphatic carbocycles. The molecule has 2 aromatic heterocycles. The third kappa shape index (κ3) is 8.82. The van der Waals surface area contributed by atoms with Gasteiger partial charge in [0, 0.05) is 49.5 Å². The number of para-hydroxylation sites is 2. The quantitative estimate of drug-likeness (QED) is 0.130. The summed E-state index contributed by atoms with van der Waals surface area (Å²) in [4.78, 5) is 0. The summed E-state index contributed by atoms with van der Waals surface area (Å²) in [5.41, 5.74) is 23.7. The lowest BCUT2D eigenvalue weighted by Crippen LogP contribution is -2.05. The monoisotopic (exact) mass is 1140 g/mol. The first-order chi connectivity index (χ1) is 44.6. The first kappa shape index (κ1) is 53.2. The van der Waals surface area contributed by atoms with Gasteiger partial charge in [0.2, 0.25) is 0 Å². The van der Waals surface area contributed by atoms with Gasteiger partial charge in [-0.2, -0.15) is 10.5 Å². The van der Waals surface area contributed by atoms with Crippen molar-refractivity contribution < 1.29 is 4.42 Å². The van der Waals surface area contributed by atoms with E-state index < -0.39 is 0 Å². The van der Waals surface area contributed by atoms with E-state index in [1.165, 1.54) is 0 Å². The van der Waals surface area contributed by atoms with Crippen LogP contribution in [0.2, 0.25) is 0 Å².